The second-order valence-corrected chi connectivity index (χ2v) is 6.09. The molecule has 0 fully saturated rings. The summed E-state index contributed by atoms with van der Waals surface area (Å²) in [6.07, 6.45) is 2.03. The maximum Gasteiger partial charge on any atom is 0.256 e. The van der Waals surface area contributed by atoms with Gasteiger partial charge in [0.1, 0.15) is 0 Å². The van der Waals surface area contributed by atoms with Gasteiger partial charge in [0.2, 0.25) is 0 Å². The number of anilines is 2. The van der Waals surface area contributed by atoms with Crippen molar-refractivity contribution in [2.75, 3.05) is 17.2 Å². The van der Waals surface area contributed by atoms with Gasteiger partial charge in [-0.3, -0.25) is 4.79 Å². The third kappa shape index (κ3) is 3.50. The minimum atomic E-state index is -0.0180. The van der Waals surface area contributed by atoms with Crippen LogP contribution in [0.25, 0.3) is 0 Å². The van der Waals surface area contributed by atoms with Crippen LogP contribution in [0, 0.1) is 20.8 Å². The lowest BCUT2D eigenvalue weighted by Crippen LogP contribution is -2.20. The number of aryl methyl sites for hydroxylation is 3. The van der Waals surface area contributed by atoms with E-state index in [-0.39, 0.29) is 18.3 Å². The zero-order chi connectivity index (χ0) is 15.7. The van der Waals surface area contributed by atoms with Gasteiger partial charge in [-0.2, -0.15) is 0 Å². The van der Waals surface area contributed by atoms with Gasteiger partial charge in [0.25, 0.3) is 5.91 Å². The summed E-state index contributed by atoms with van der Waals surface area (Å²) in [7, 11) is 0. The van der Waals surface area contributed by atoms with Crippen LogP contribution in [0.15, 0.2) is 30.3 Å². The highest BCUT2D eigenvalue weighted by Gasteiger charge is 2.18. The van der Waals surface area contributed by atoms with E-state index in [1.54, 1.807) is 0 Å². The first-order valence-corrected chi connectivity index (χ1v) is 7.81. The predicted octanol–water partition coefficient (Wildman–Crippen LogP) is 4.64. The molecule has 1 aliphatic rings. The van der Waals surface area contributed by atoms with Gasteiger partial charge >= 0.3 is 0 Å². The Kier molecular flexibility index (Phi) is 5.32. The van der Waals surface area contributed by atoms with E-state index in [1.165, 1.54) is 5.56 Å². The molecule has 0 aliphatic carbocycles. The molecule has 1 aliphatic heterocycles. The van der Waals surface area contributed by atoms with Crippen LogP contribution in [0.2, 0.25) is 0 Å². The Hall–Kier alpha value is -2.00. The molecule has 3 nitrogen and oxygen atoms in total. The number of carbonyl (C=O) groups excluding carboxylic acids is 1. The van der Waals surface area contributed by atoms with Crippen molar-refractivity contribution in [2.45, 2.75) is 33.6 Å². The molecule has 2 N–H and O–H groups in total. The molecule has 2 aromatic carbocycles. The molecule has 3 rings (SSSR count). The Bertz CT molecular complexity index is 717. The van der Waals surface area contributed by atoms with Gasteiger partial charge < -0.3 is 10.6 Å². The number of halogens is 1. The number of nitrogens with one attached hydrogen (secondary N) is 2. The Labute approximate surface area is 143 Å². The monoisotopic (exact) mass is 330 g/mol. The lowest BCUT2D eigenvalue weighted by atomic mass is 9.96. The summed E-state index contributed by atoms with van der Waals surface area (Å²) >= 11 is 0. The van der Waals surface area contributed by atoms with Crippen LogP contribution in [0.3, 0.4) is 0 Å². The lowest BCUT2D eigenvalue weighted by Gasteiger charge is -2.21. The van der Waals surface area contributed by atoms with Crippen molar-refractivity contribution < 1.29 is 4.79 Å². The van der Waals surface area contributed by atoms with Crippen LogP contribution < -0.4 is 10.6 Å². The van der Waals surface area contributed by atoms with Crippen LogP contribution in [-0.2, 0) is 6.42 Å². The van der Waals surface area contributed by atoms with E-state index in [0.29, 0.717) is 0 Å². The number of amides is 1. The zero-order valence-electron chi connectivity index (χ0n) is 13.8. The maximum absolute atomic E-state index is 12.7. The van der Waals surface area contributed by atoms with Crippen molar-refractivity contribution >= 4 is 29.7 Å². The number of hydrogen-bond acceptors (Lipinski definition) is 2. The molecule has 0 bridgehead atoms. The SMILES string of the molecule is Cc1cc(C)c(NC(=O)c2cccc3c2CCCN3)c(C)c1.Cl. The summed E-state index contributed by atoms with van der Waals surface area (Å²) in [5.74, 6) is -0.0180. The number of rotatable bonds is 2. The molecule has 1 amide bonds. The predicted molar refractivity (Wildman–Crippen MR) is 99.1 cm³/mol. The van der Waals surface area contributed by atoms with E-state index in [4.69, 9.17) is 0 Å². The van der Waals surface area contributed by atoms with Crippen LogP contribution in [-0.4, -0.2) is 12.5 Å². The molecule has 0 saturated heterocycles. The highest BCUT2D eigenvalue weighted by atomic mass is 35.5. The highest BCUT2D eigenvalue weighted by Crippen LogP contribution is 2.27. The first-order chi connectivity index (χ1) is 10.6. The molecule has 0 spiro atoms. The van der Waals surface area contributed by atoms with E-state index >= 15 is 0 Å². The van der Waals surface area contributed by atoms with E-state index in [9.17, 15) is 4.79 Å². The first kappa shape index (κ1) is 17.4. The van der Waals surface area contributed by atoms with E-state index in [1.807, 2.05) is 32.0 Å². The number of fused-ring (bicyclic) bond motifs is 1. The molecule has 0 saturated carbocycles. The normalized spacial score (nSPS) is 12.7. The number of benzene rings is 2. The van der Waals surface area contributed by atoms with E-state index < -0.39 is 0 Å². The van der Waals surface area contributed by atoms with E-state index in [2.05, 4.69) is 29.7 Å². The van der Waals surface area contributed by atoms with Crippen molar-refractivity contribution in [1.82, 2.24) is 0 Å². The molecule has 0 aromatic heterocycles. The topological polar surface area (TPSA) is 41.1 Å². The summed E-state index contributed by atoms with van der Waals surface area (Å²) < 4.78 is 0. The van der Waals surface area contributed by atoms with E-state index in [0.717, 1.165) is 53.0 Å². The summed E-state index contributed by atoms with van der Waals surface area (Å²) in [6.45, 7) is 7.13. The van der Waals surface area contributed by atoms with Crippen molar-refractivity contribution in [3.05, 3.63) is 58.1 Å². The van der Waals surface area contributed by atoms with Gasteiger partial charge in [-0.15, -0.1) is 12.4 Å². The standard InChI is InChI=1S/C19H22N2O.ClH/c1-12-10-13(2)18(14(3)11-12)21-19(22)16-6-4-8-17-15(16)7-5-9-20-17;/h4,6,8,10-11,20H,5,7,9H2,1-3H3,(H,21,22);1H. The number of hydrogen-bond donors (Lipinski definition) is 2. The summed E-state index contributed by atoms with van der Waals surface area (Å²) in [4.78, 5) is 12.7. The van der Waals surface area contributed by atoms with Crippen molar-refractivity contribution in [3.63, 3.8) is 0 Å². The summed E-state index contributed by atoms with van der Waals surface area (Å²) in [6, 6.07) is 10.1. The van der Waals surface area contributed by atoms with Gasteiger partial charge in [0, 0.05) is 23.5 Å². The third-order valence-corrected chi connectivity index (χ3v) is 4.26. The molecule has 23 heavy (non-hydrogen) atoms. The van der Waals surface area contributed by atoms with Crippen LogP contribution >= 0.6 is 12.4 Å². The largest absolute Gasteiger partial charge is 0.385 e. The molecule has 122 valence electrons. The molecule has 1 heterocycles. The third-order valence-electron chi connectivity index (χ3n) is 4.26. The Balaban J connectivity index is 0.00000192. The fourth-order valence-electron chi connectivity index (χ4n) is 3.28. The fraction of sp³-hybridized carbons (Fsp3) is 0.316. The van der Waals surface area contributed by atoms with Gasteiger partial charge in [0.15, 0.2) is 0 Å². The quantitative estimate of drug-likeness (QED) is 0.842. The minimum Gasteiger partial charge on any atom is -0.385 e. The number of carbonyl (C=O) groups is 1. The second-order valence-electron chi connectivity index (χ2n) is 6.09. The summed E-state index contributed by atoms with van der Waals surface area (Å²) in [5.41, 5.74) is 7.36. The first-order valence-electron chi connectivity index (χ1n) is 7.81. The van der Waals surface area contributed by atoms with Crippen molar-refractivity contribution in [2.24, 2.45) is 0 Å². The molecule has 2 aromatic rings. The minimum absolute atomic E-state index is 0. The van der Waals surface area contributed by atoms with Gasteiger partial charge in [-0.1, -0.05) is 23.8 Å². The second kappa shape index (κ2) is 7.05. The van der Waals surface area contributed by atoms with Crippen LogP contribution in [0.4, 0.5) is 11.4 Å². The maximum atomic E-state index is 12.7. The Morgan fingerprint density at radius 2 is 1.83 bits per heavy atom. The Morgan fingerprint density at radius 1 is 1.13 bits per heavy atom. The van der Waals surface area contributed by atoms with Crippen molar-refractivity contribution in [3.8, 4) is 0 Å². The zero-order valence-corrected chi connectivity index (χ0v) is 14.6. The van der Waals surface area contributed by atoms with Gasteiger partial charge in [-0.25, -0.2) is 0 Å². The van der Waals surface area contributed by atoms with Gasteiger partial charge in [0.05, 0.1) is 0 Å². The smallest absolute Gasteiger partial charge is 0.256 e. The average Bonchev–Trinajstić information content (AvgIpc) is 2.50. The molecule has 0 atom stereocenters. The van der Waals surface area contributed by atoms with Crippen molar-refractivity contribution in [1.29, 1.82) is 0 Å². The molecular weight excluding hydrogens is 308 g/mol. The van der Waals surface area contributed by atoms with Gasteiger partial charge in [-0.05, 0) is 62.4 Å². The lowest BCUT2D eigenvalue weighted by molar-refractivity contribution is 0.102. The molecular formula is C19H23ClN2O. The molecule has 0 unspecified atom stereocenters. The molecule has 0 radical (unpaired) electrons. The Morgan fingerprint density at radius 3 is 2.52 bits per heavy atom. The molecule has 4 heteroatoms. The fourth-order valence-corrected chi connectivity index (χ4v) is 3.28. The van der Waals surface area contributed by atoms with Crippen LogP contribution in [0.1, 0.15) is 39.0 Å². The highest BCUT2D eigenvalue weighted by molar-refractivity contribution is 6.07. The van der Waals surface area contributed by atoms with Crippen LogP contribution in [0.5, 0.6) is 0 Å². The average molecular weight is 331 g/mol. The summed E-state index contributed by atoms with van der Waals surface area (Å²) in [5, 5.41) is 6.48.